The molecule has 2 aromatic carbocycles. The minimum absolute atomic E-state index is 0.0485. The van der Waals surface area contributed by atoms with Gasteiger partial charge in [0.2, 0.25) is 0 Å². The Morgan fingerprint density at radius 1 is 1.08 bits per heavy atom. The first kappa shape index (κ1) is 28.7. The standard InChI is InChI=1S/C28H41IN4O3/c1-28(16-20-34-2)14-18-33(19-15-28)25(23-11-8-12-24(35-3)26(23)36-4)27(29-21-32-30)31-17-13-22-9-6-5-7-10-22/h5-12,25,30-31H,13-21H2,1-4H3. The number of piperidine rings is 1. The van der Waals surface area contributed by atoms with Crippen molar-refractivity contribution in [2.45, 2.75) is 38.6 Å². The highest BCUT2D eigenvalue weighted by Crippen LogP contribution is 2.42. The summed E-state index contributed by atoms with van der Waals surface area (Å²) in [6, 6.07) is 16.8. The summed E-state index contributed by atoms with van der Waals surface area (Å²) in [6.07, 6.45) is 4.28. The smallest absolute Gasteiger partial charge is 0.165 e. The maximum atomic E-state index is 7.50. The van der Waals surface area contributed by atoms with Crippen LogP contribution in [0.2, 0.25) is 0 Å². The third-order valence-corrected chi connectivity index (χ3v) is 9.54. The molecule has 7 nitrogen and oxygen atoms in total. The molecule has 1 atom stereocenters. The van der Waals surface area contributed by atoms with Crippen LogP contribution in [0.15, 0.2) is 53.6 Å². The lowest BCUT2D eigenvalue weighted by Gasteiger charge is -2.43. The zero-order valence-electron chi connectivity index (χ0n) is 22.1. The number of benzene rings is 2. The minimum atomic E-state index is -0.490. The molecule has 0 aromatic heterocycles. The van der Waals surface area contributed by atoms with E-state index in [4.69, 9.17) is 19.7 Å². The van der Waals surface area contributed by atoms with Crippen LogP contribution in [0.25, 0.3) is 0 Å². The molecule has 0 spiro atoms. The molecular weight excluding hydrogens is 567 g/mol. The molecule has 1 heterocycles. The van der Waals surface area contributed by atoms with E-state index < -0.39 is 20.7 Å². The predicted molar refractivity (Wildman–Crippen MR) is 155 cm³/mol. The zero-order valence-corrected chi connectivity index (χ0v) is 24.2. The Hall–Kier alpha value is -1.88. The van der Waals surface area contributed by atoms with Crippen LogP contribution in [0, 0.1) is 10.9 Å². The van der Waals surface area contributed by atoms with Crippen LogP contribution in [0.3, 0.4) is 0 Å². The molecule has 1 aliphatic heterocycles. The largest absolute Gasteiger partial charge is 0.493 e. The Labute approximate surface area is 226 Å². The van der Waals surface area contributed by atoms with Gasteiger partial charge in [-0.2, -0.15) is 5.11 Å². The van der Waals surface area contributed by atoms with E-state index in [1.807, 2.05) is 12.1 Å². The summed E-state index contributed by atoms with van der Waals surface area (Å²) in [6.45, 7) is 6.03. The number of para-hydroxylation sites is 1. The Kier molecular flexibility index (Phi) is 11.8. The number of nitrogens with zero attached hydrogens (tertiary/aromatic N) is 2. The number of alkyl halides is 1. The molecule has 0 aliphatic carbocycles. The zero-order chi connectivity index (χ0) is 25.8. The van der Waals surface area contributed by atoms with Crippen molar-refractivity contribution >= 4 is 24.4 Å². The van der Waals surface area contributed by atoms with Crippen LogP contribution in [0.4, 0.5) is 0 Å². The van der Waals surface area contributed by atoms with E-state index in [9.17, 15) is 0 Å². The Balaban J connectivity index is 1.92. The summed E-state index contributed by atoms with van der Waals surface area (Å²) in [7, 11) is 5.19. The number of likely N-dealkylation sites (tertiary alicyclic amines) is 1. The number of methoxy groups -OCH3 is 3. The van der Waals surface area contributed by atoms with Crippen LogP contribution in [-0.2, 0) is 11.2 Å². The molecular formula is C28H41IN4O3. The lowest BCUT2D eigenvalue weighted by Crippen LogP contribution is -2.46. The van der Waals surface area contributed by atoms with Crippen LogP contribution in [-0.4, -0.2) is 60.7 Å². The molecule has 198 valence electrons. The van der Waals surface area contributed by atoms with Gasteiger partial charge in [0.25, 0.3) is 0 Å². The van der Waals surface area contributed by atoms with Gasteiger partial charge in [0.1, 0.15) is 4.55 Å². The van der Waals surface area contributed by atoms with Gasteiger partial charge >= 0.3 is 0 Å². The summed E-state index contributed by atoms with van der Waals surface area (Å²) in [4.78, 5) is 2.58. The maximum Gasteiger partial charge on any atom is 0.165 e. The summed E-state index contributed by atoms with van der Waals surface area (Å²) in [5.74, 6) is 1.53. The van der Waals surface area contributed by atoms with E-state index in [2.05, 4.69) is 58.7 Å². The highest BCUT2D eigenvalue weighted by molar-refractivity contribution is 14.2. The van der Waals surface area contributed by atoms with Gasteiger partial charge in [0, 0.05) is 29.5 Å². The monoisotopic (exact) mass is 608 g/mol. The van der Waals surface area contributed by atoms with Crippen molar-refractivity contribution in [3.63, 3.8) is 0 Å². The summed E-state index contributed by atoms with van der Waals surface area (Å²) >= 11 is -0.490. The van der Waals surface area contributed by atoms with Crippen LogP contribution in [0.1, 0.15) is 43.4 Å². The second kappa shape index (κ2) is 14.8. The fourth-order valence-corrected chi connectivity index (χ4v) is 7.05. The molecule has 1 fully saturated rings. The summed E-state index contributed by atoms with van der Waals surface area (Å²) in [5, 5.41) is 7.55. The third kappa shape index (κ3) is 7.81. The topological polar surface area (TPSA) is 79.2 Å². The average Bonchev–Trinajstić information content (AvgIpc) is 2.91. The second-order valence-corrected chi connectivity index (χ2v) is 12.1. The van der Waals surface area contributed by atoms with Gasteiger partial charge in [0.05, 0.1) is 20.3 Å². The lowest BCUT2D eigenvalue weighted by atomic mass is 9.77. The quantitative estimate of drug-likeness (QED) is 0.123. The van der Waals surface area contributed by atoms with E-state index in [1.54, 1.807) is 21.3 Å². The second-order valence-electron chi connectivity index (χ2n) is 9.50. The van der Waals surface area contributed by atoms with Gasteiger partial charge in [0.15, 0.2) is 11.5 Å². The van der Waals surface area contributed by atoms with Crippen molar-refractivity contribution < 1.29 is 14.2 Å². The Morgan fingerprint density at radius 3 is 2.47 bits per heavy atom. The van der Waals surface area contributed by atoms with Crippen molar-refractivity contribution in [1.82, 2.24) is 10.2 Å². The average molecular weight is 609 g/mol. The highest BCUT2D eigenvalue weighted by Gasteiger charge is 2.36. The molecule has 0 saturated carbocycles. The molecule has 0 radical (unpaired) electrons. The van der Waals surface area contributed by atoms with E-state index in [0.717, 1.165) is 69.0 Å². The van der Waals surface area contributed by atoms with E-state index in [0.29, 0.717) is 9.97 Å². The van der Waals surface area contributed by atoms with Gasteiger partial charge < -0.3 is 14.2 Å². The van der Waals surface area contributed by atoms with Crippen molar-refractivity contribution in [2.24, 2.45) is 10.5 Å². The van der Waals surface area contributed by atoms with Crippen LogP contribution < -0.4 is 14.8 Å². The molecule has 36 heavy (non-hydrogen) atoms. The number of hydrogen-bond donors (Lipinski definition) is 2. The van der Waals surface area contributed by atoms with Crippen molar-refractivity contribution in [3.8, 4) is 11.5 Å². The maximum absolute atomic E-state index is 7.50. The van der Waals surface area contributed by atoms with Gasteiger partial charge in [-0.1, -0.05) is 70.1 Å². The minimum Gasteiger partial charge on any atom is -0.493 e. The molecule has 2 N–H and O–H groups in total. The number of halogens is 1. The molecule has 8 heteroatoms. The fraction of sp³-hybridized carbons (Fsp3) is 0.536. The van der Waals surface area contributed by atoms with Gasteiger partial charge in [-0.25, -0.2) is 5.53 Å². The van der Waals surface area contributed by atoms with Crippen molar-refractivity contribution in [1.29, 1.82) is 5.53 Å². The van der Waals surface area contributed by atoms with E-state index in [-0.39, 0.29) is 6.04 Å². The number of ether oxygens (including phenoxy) is 3. The van der Waals surface area contributed by atoms with Crippen LogP contribution in [0.5, 0.6) is 11.5 Å². The van der Waals surface area contributed by atoms with Gasteiger partial charge in [-0.05, 0) is 55.8 Å². The number of rotatable bonds is 14. The molecule has 0 amide bonds. The molecule has 1 aliphatic rings. The first-order valence-corrected chi connectivity index (χ1v) is 15.2. The summed E-state index contributed by atoms with van der Waals surface area (Å²) < 4.78 is 18.8. The fourth-order valence-electron chi connectivity index (χ4n) is 4.82. The molecule has 3 rings (SSSR count). The first-order valence-electron chi connectivity index (χ1n) is 12.6. The normalized spacial score (nSPS) is 17.2. The van der Waals surface area contributed by atoms with Crippen LogP contribution >= 0.6 is 20.7 Å². The summed E-state index contributed by atoms with van der Waals surface area (Å²) in [5.41, 5.74) is 10.2. The Bertz CT molecular complexity index is 978. The lowest BCUT2D eigenvalue weighted by molar-refractivity contribution is 0.0681. The SMILES string of the molecule is COCCC1(C)CCN(C(C(NCCc2ccccc2)=ICN=N)c2cccc(OC)c2OC)CC1. The van der Waals surface area contributed by atoms with E-state index >= 15 is 0 Å². The molecule has 1 unspecified atom stereocenters. The predicted octanol–water partition coefficient (Wildman–Crippen LogP) is 5.80. The molecule has 2 aromatic rings. The van der Waals surface area contributed by atoms with Gasteiger partial charge in [-0.3, -0.25) is 10.2 Å². The number of hydrogen-bond acceptors (Lipinski definition) is 7. The van der Waals surface area contributed by atoms with Gasteiger partial charge in [-0.15, -0.1) is 0 Å². The van der Waals surface area contributed by atoms with Crippen molar-refractivity contribution in [2.75, 3.05) is 52.1 Å². The first-order chi connectivity index (χ1) is 17.5. The highest BCUT2D eigenvalue weighted by atomic mass is 127. The third-order valence-electron chi connectivity index (χ3n) is 7.06. The molecule has 1 saturated heterocycles. The van der Waals surface area contributed by atoms with E-state index in [1.165, 1.54) is 9.20 Å². The van der Waals surface area contributed by atoms with Crippen molar-refractivity contribution in [3.05, 3.63) is 59.7 Å². The Morgan fingerprint density at radius 2 is 1.83 bits per heavy atom. The molecule has 0 bridgehead atoms. The number of nitrogens with one attached hydrogen (secondary N) is 2.